The van der Waals surface area contributed by atoms with Crippen LogP contribution >= 0.6 is 11.6 Å². The van der Waals surface area contributed by atoms with Crippen molar-refractivity contribution in [1.82, 2.24) is 52.9 Å². The van der Waals surface area contributed by atoms with Gasteiger partial charge >= 0.3 is 0 Å². The van der Waals surface area contributed by atoms with Crippen LogP contribution in [0, 0.1) is 52.2 Å². The van der Waals surface area contributed by atoms with Gasteiger partial charge < -0.3 is 66.9 Å². The number of aryl methyl sites for hydroxylation is 5. The molecule has 34 nitrogen and oxygen atoms in total. The van der Waals surface area contributed by atoms with E-state index in [0.717, 1.165) is 87.0 Å². The van der Waals surface area contributed by atoms with E-state index >= 15 is 0 Å². The molecule has 0 saturated heterocycles. The summed E-state index contributed by atoms with van der Waals surface area (Å²) in [5.41, 5.74) is 16.7. The number of H-pyrrole nitrogens is 3. The second-order valence-corrected chi connectivity index (χ2v) is 44.9. The molecule has 0 radical (unpaired) electrons. The quantitative estimate of drug-likeness (QED) is 0.0243. The highest BCUT2D eigenvalue weighted by Gasteiger charge is 2.31. The fourth-order valence-corrected chi connectivity index (χ4v) is 20.3. The fraction of sp³-hybridized carbons (Fsp3) is 0.192. The number of anilines is 4. The van der Waals surface area contributed by atoms with Gasteiger partial charge in [-0.2, -0.15) is 0 Å². The molecule has 0 bridgehead atoms. The number of aromatic nitrogens is 9. The number of fused-ring (bicyclic) bond motifs is 5. The summed E-state index contributed by atoms with van der Waals surface area (Å²) in [4.78, 5) is 74.1. The van der Waals surface area contributed by atoms with Crippen LogP contribution in [-0.2, 0) is 75.2 Å². The molecule has 17 aromatic rings. The first-order valence-electron chi connectivity index (χ1n) is 45.4. The number of amides is 2. The van der Waals surface area contributed by atoms with Gasteiger partial charge in [-0.05, 0) is 250 Å². The molecule has 9 N–H and O–H groups in total. The molecule has 1 aliphatic carbocycles. The zero-order valence-electron chi connectivity index (χ0n) is 80.3. The van der Waals surface area contributed by atoms with Crippen molar-refractivity contribution in [2.24, 2.45) is 5.92 Å². The molecule has 20 rings (SSSR count). The van der Waals surface area contributed by atoms with Gasteiger partial charge in [-0.15, -0.1) is 0 Å². The van der Waals surface area contributed by atoms with Gasteiger partial charge in [0.1, 0.15) is 74.1 Å². The third-order valence-electron chi connectivity index (χ3n) is 23.4. The number of hydrogen-bond donors (Lipinski definition) is 9. The molecular formula is C104H100ClF2N15O19S5. The summed E-state index contributed by atoms with van der Waals surface area (Å²) in [6.45, 7) is 11.8. The predicted molar refractivity (Wildman–Crippen MR) is 561 cm³/mol. The Morgan fingerprint density at radius 1 is 0.411 bits per heavy atom. The number of carbonyl (C=O) groups excluding carboxylic acids is 2. The van der Waals surface area contributed by atoms with Gasteiger partial charge in [0.05, 0.1) is 71.4 Å². The van der Waals surface area contributed by atoms with Crippen LogP contribution in [0.5, 0.6) is 40.2 Å². The van der Waals surface area contributed by atoms with Crippen molar-refractivity contribution in [3.8, 4) is 96.7 Å². The molecule has 0 atom stereocenters. The minimum Gasteiger partial charge on any atom is -0.493 e. The Morgan fingerprint density at radius 2 is 0.829 bits per heavy atom. The first kappa shape index (κ1) is 103. The summed E-state index contributed by atoms with van der Waals surface area (Å²) in [6.07, 6.45) is 18.7. The van der Waals surface area contributed by atoms with Gasteiger partial charge in [0.15, 0.2) is 21.4 Å². The zero-order valence-corrected chi connectivity index (χ0v) is 85.1. The summed E-state index contributed by atoms with van der Waals surface area (Å²) in [7, 11) is -17.0. The van der Waals surface area contributed by atoms with E-state index in [1.807, 2.05) is 125 Å². The van der Waals surface area contributed by atoms with Crippen molar-refractivity contribution in [1.29, 1.82) is 0 Å². The minimum absolute atomic E-state index is 0.0194. The third kappa shape index (κ3) is 25.1. The van der Waals surface area contributed by atoms with Crippen LogP contribution in [0.1, 0.15) is 78.5 Å². The monoisotopic (exact) mass is 2100 g/mol. The van der Waals surface area contributed by atoms with Crippen molar-refractivity contribution in [3.05, 3.63) is 359 Å². The third-order valence-corrected chi connectivity index (χ3v) is 26.9. The number of imidazole rings is 1. The Bertz CT molecular complexity index is 8770. The van der Waals surface area contributed by atoms with Crippen LogP contribution in [0.25, 0.3) is 73.0 Å². The molecule has 756 valence electrons. The summed E-state index contributed by atoms with van der Waals surface area (Å²) in [6, 6.07) is 62.3. The van der Waals surface area contributed by atoms with Crippen molar-refractivity contribution in [3.63, 3.8) is 0 Å². The van der Waals surface area contributed by atoms with Crippen LogP contribution in [0.4, 0.5) is 31.5 Å². The number of sulfonamides is 4. The van der Waals surface area contributed by atoms with Crippen LogP contribution in [0.15, 0.2) is 270 Å². The maximum absolute atomic E-state index is 14.2. The van der Waals surface area contributed by atoms with E-state index in [4.69, 9.17) is 30.5 Å². The van der Waals surface area contributed by atoms with Crippen molar-refractivity contribution >= 4 is 113 Å². The molecule has 9 aromatic carbocycles. The summed E-state index contributed by atoms with van der Waals surface area (Å²) in [5.74, 6) is 2.02. The van der Waals surface area contributed by atoms with E-state index in [9.17, 15) is 74.8 Å². The summed E-state index contributed by atoms with van der Waals surface area (Å²) < 4.78 is 187. The Hall–Kier alpha value is -15.8. The lowest BCUT2D eigenvalue weighted by Gasteiger charge is -2.21. The van der Waals surface area contributed by atoms with E-state index in [-0.39, 0.29) is 51.4 Å². The van der Waals surface area contributed by atoms with Crippen LogP contribution in [0.2, 0.25) is 5.02 Å². The van der Waals surface area contributed by atoms with Gasteiger partial charge in [-0.1, -0.05) is 72.3 Å². The molecule has 2 amide bonds. The highest BCUT2D eigenvalue weighted by molar-refractivity contribution is 7.92. The zero-order chi connectivity index (χ0) is 104. The molecular weight excluding hydrogens is 2000 g/mol. The summed E-state index contributed by atoms with van der Waals surface area (Å²) in [5, 5.41) is 6.19. The highest BCUT2D eigenvalue weighted by Crippen LogP contribution is 2.44. The number of para-hydroxylation sites is 1. The molecule has 3 aliphatic rings. The average Bonchev–Trinajstić information content (AvgIpc) is 1.62. The molecule has 1 saturated carbocycles. The Morgan fingerprint density at radius 3 is 1.31 bits per heavy atom. The Balaban J connectivity index is 0.000000131. The topological polar surface area (TPSA) is 448 Å². The first-order chi connectivity index (χ1) is 69.3. The largest absolute Gasteiger partial charge is 0.493 e. The number of sulfone groups is 1. The van der Waals surface area contributed by atoms with Gasteiger partial charge in [0, 0.05) is 126 Å². The molecule has 8 aromatic heterocycles. The molecule has 1 fully saturated rings. The second-order valence-electron chi connectivity index (χ2n) is 35.4. The average molecular weight is 2100 g/mol. The Kier molecular flexibility index (Phi) is 30.1. The number of nitrogens with one attached hydrogen (secondary N) is 9. The number of benzene rings is 9. The van der Waals surface area contributed by atoms with E-state index in [2.05, 4.69) is 61.6 Å². The number of nitrogens with zero attached hydrogens (tertiary/aromatic N) is 6. The smallest absolute Gasteiger partial charge is 0.272 e. The lowest BCUT2D eigenvalue weighted by Crippen LogP contribution is -2.35. The molecule has 146 heavy (non-hydrogen) atoms. The van der Waals surface area contributed by atoms with Crippen molar-refractivity contribution in [2.75, 3.05) is 69.9 Å². The van der Waals surface area contributed by atoms with E-state index in [0.29, 0.717) is 170 Å². The van der Waals surface area contributed by atoms with Gasteiger partial charge in [0.25, 0.3) is 28.5 Å². The number of rotatable bonds is 26. The predicted octanol–water partition coefficient (Wildman–Crippen LogP) is 17.3. The fourth-order valence-electron chi connectivity index (χ4n) is 17.2. The normalized spacial score (nSPS) is 12.9. The van der Waals surface area contributed by atoms with Gasteiger partial charge in [-0.3, -0.25) is 42.9 Å². The number of carbonyl (C=O) groups is 2. The number of halogens is 3. The first-order valence-corrected chi connectivity index (χ1v) is 55.5. The maximum atomic E-state index is 14.2. The lowest BCUT2D eigenvalue weighted by atomic mass is 9.96. The lowest BCUT2D eigenvalue weighted by molar-refractivity contribution is 0.0919. The molecule has 0 spiro atoms. The van der Waals surface area contributed by atoms with Crippen LogP contribution in [-0.4, -0.2) is 147 Å². The summed E-state index contributed by atoms with van der Waals surface area (Å²) >= 11 is 5.95. The second kappa shape index (κ2) is 42.6. The SMILES string of the molecule is Cc1cc(-c2cc(CS(C)(=O)=O)ccc2Cc2ccccc2)n2cc[nH]c(=O)c12.Cc1cc(-c2cc(NS(C)(=O)=O)ccc2OCC2CC2)n2cc[nH]c(=O)c12.Cc1cc(-c2cc(NS(C)(=O)=O)ccc2Oc2ccc(Cl)cc2)n2cc[nH]c(=O)c12.Cc1cc(-c2cc(NS(C)(=O)=O)ccc2Oc2ccc(F)cc2F)n2c1C(=O)NCC2.Cc1nc(-c2cc(NS(C)(=O)=O)ccc2Oc2ccccc2)n2c1C(=O)NCC2. The molecule has 0 unspecified atom stereocenters. The molecule has 42 heteroatoms. The highest BCUT2D eigenvalue weighted by atomic mass is 35.5. The van der Waals surface area contributed by atoms with Crippen LogP contribution < -0.4 is 65.1 Å². The minimum atomic E-state index is -3.54. The molecule has 10 heterocycles. The number of aromatic amines is 3. The van der Waals surface area contributed by atoms with Gasteiger partial charge in [-0.25, -0.2) is 55.9 Å². The number of hydrogen-bond acceptors (Lipinski definition) is 20. The molecule has 2 aliphatic heterocycles. The van der Waals surface area contributed by atoms with E-state index in [1.54, 1.807) is 145 Å². The van der Waals surface area contributed by atoms with E-state index in [1.165, 1.54) is 42.9 Å². The van der Waals surface area contributed by atoms with Crippen molar-refractivity contribution < 1.29 is 79.4 Å². The Labute approximate surface area is 843 Å². The maximum Gasteiger partial charge on any atom is 0.272 e. The van der Waals surface area contributed by atoms with Crippen LogP contribution in [0.3, 0.4) is 0 Å². The van der Waals surface area contributed by atoms with Gasteiger partial charge in [0.2, 0.25) is 40.1 Å². The number of ether oxygens (including phenoxy) is 4. The standard InChI is InChI=1S/C23H22N2O3S.C21H18ClN3O4S.C21H19F2N3O4S.C20H20N4O4S.C19H21N3O4S/c1-16-12-21(25-11-10-24-23(26)22(16)25)20-14-18(15-29(2,27)28)8-9-19(20)13-17-6-4-3-5-7-17;1-13-11-18(25-10-9-23-21(26)20(13)25)17-12-15(24-30(2,27)28)5-8-19(17)29-16-6-3-14(22)4-7-16;1-12-9-17(26-8-7-24-21(27)20(12)26)15-11-14(25-31(2,28)29)4-6-18(15)30-19-5-3-13(22)10-16(19)23;1-13-18-20(25)21-10-11-24(18)19(22-13)16-12-14(23-29(2,26)27)8-9-17(16)28-15-6-4-3-5-7-15;1-12-9-16(22-8-7-20-19(23)18(12)22)15-10-14(21-27(2,24)25)5-6-17(15)26-11-13-3-4-13/h3-12,14H,13,15H2,1-2H3,(H,24,26);3-12,24H,1-2H3,(H,23,26);3-6,9-11,25H,7-8H2,1-2H3,(H,24,27);3-9,12,23H,10-11H2,1-2H3,(H,21,25);5-10,13,21H,3-4,11H2,1-2H3,(H,20,23). The van der Waals surface area contributed by atoms with E-state index < -0.39 is 61.6 Å². The van der Waals surface area contributed by atoms with Crippen molar-refractivity contribution in [2.45, 2.75) is 72.7 Å².